The van der Waals surface area contributed by atoms with E-state index in [4.69, 9.17) is 0 Å². The van der Waals surface area contributed by atoms with Crippen molar-refractivity contribution in [1.29, 1.82) is 0 Å². The molecule has 0 saturated heterocycles. The predicted octanol–water partition coefficient (Wildman–Crippen LogP) is -1.20. The number of hydrogen-bond acceptors (Lipinski definition) is 16. The van der Waals surface area contributed by atoms with Crippen LogP contribution in [0.4, 0.5) is 34.1 Å². The molecule has 0 aliphatic heterocycles. The van der Waals surface area contributed by atoms with Crippen LogP contribution in [-0.4, -0.2) is 62.0 Å². The molecular weight excluding hydrogens is 1000 g/mol. The van der Waals surface area contributed by atoms with Crippen molar-refractivity contribution in [1.82, 2.24) is 0 Å². The van der Waals surface area contributed by atoms with Crippen LogP contribution in [0.3, 0.4) is 0 Å². The van der Waals surface area contributed by atoms with E-state index in [1.54, 1.807) is 93.6 Å². The topological polar surface area (TPSA) is 276 Å². The molecule has 7 aromatic carbocycles. The molecule has 0 bridgehead atoms. The maximum absolute atomic E-state index is 13.7. The molecule has 16 nitrogen and oxygen atoms in total. The average molecular weight is 1040 g/mol. The number of carbonyl (C=O) groups excluding carboxylic acids is 4. The standard InChI is InChI=1S/C28H22N2O8S2.C21H15NO5S.3Na/c1-15-7-9-19(23(13-15)39(33,34)35)29-21-11-12-22(30-20-10-8-16(2)14-24(20)40(36,37)38)26-25(21)27(31)17-5-3-4-6-18(17)28(26)32;1-12-9-10-16(18(11-12)28(25,26)27)22-17-8-4-7-15-19(17)21(24)14-6-3-2-5-13(14)20(15)23;;;/h3-14,29-30H,1-2H3,(H,33,34,35)(H,36,37,38);2-11,22H,1H3,(H,25,26,27);;;/q;;3*+1/p-3. The summed E-state index contributed by atoms with van der Waals surface area (Å²) in [4.78, 5) is 51.8. The monoisotopic (exact) mass is 1040 g/mol. The smallest absolute Gasteiger partial charge is 0.744 e. The van der Waals surface area contributed by atoms with Gasteiger partial charge in [0.2, 0.25) is 0 Å². The Balaban J connectivity index is 0.000000268. The van der Waals surface area contributed by atoms with Crippen LogP contribution in [0.5, 0.6) is 0 Å². The van der Waals surface area contributed by atoms with Crippen LogP contribution >= 0.6 is 0 Å². The van der Waals surface area contributed by atoms with Gasteiger partial charge in [0.25, 0.3) is 0 Å². The average Bonchev–Trinajstić information content (AvgIpc) is 3.28. The summed E-state index contributed by atoms with van der Waals surface area (Å²) >= 11 is 0. The number of rotatable bonds is 9. The van der Waals surface area contributed by atoms with Gasteiger partial charge in [-0.1, -0.05) is 78.9 Å². The number of anilines is 6. The molecule has 344 valence electrons. The Morgan fingerprint density at radius 2 is 0.592 bits per heavy atom. The summed E-state index contributed by atoms with van der Waals surface area (Å²) in [6.45, 7) is 4.89. The molecule has 0 radical (unpaired) electrons. The number of carbonyl (C=O) groups is 4. The maximum Gasteiger partial charge on any atom is 1.00 e. The Morgan fingerprint density at radius 3 is 0.915 bits per heavy atom. The van der Waals surface area contributed by atoms with Crippen molar-refractivity contribution >= 4 is 87.6 Å². The fraction of sp³-hybridized carbons (Fsp3) is 0.0612. The summed E-state index contributed by atoms with van der Waals surface area (Å²) in [6.07, 6.45) is 0. The summed E-state index contributed by atoms with van der Waals surface area (Å²) in [7, 11) is -14.5. The molecule has 0 amide bonds. The molecule has 22 heteroatoms. The van der Waals surface area contributed by atoms with E-state index in [-0.39, 0.29) is 173 Å². The fourth-order valence-corrected chi connectivity index (χ4v) is 10.1. The molecule has 71 heavy (non-hydrogen) atoms. The van der Waals surface area contributed by atoms with Gasteiger partial charge in [-0.05, 0) is 92.1 Å². The van der Waals surface area contributed by atoms with Crippen molar-refractivity contribution in [3.05, 3.63) is 195 Å². The Kier molecular flexibility index (Phi) is 17.9. The quantitative estimate of drug-likeness (QED) is 0.113. The molecule has 9 rings (SSSR count). The van der Waals surface area contributed by atoms with E-state index >= 15 is 0 Å². The van der Waals surface area contributed by atoms with Gasteiger partial charge >= 0.3 is 88.7 Å². The maximum atomic E-state index is 13.7. The first-order chi connectivity index (χ1) is 32.0. The van der Waals surface area contributed by atoms with E-state index in [1.807, 2.05) is 0 Å². The number of nitrogens with one attached hydrogen (secondary N) is 3. The first-order valence-corrected chi connectivity index (χ1v) is 24.4. The predicted molar refractivity (Wildman–Crippen MR) is 247 cm³/mol. The minimum atomic E-state index is -4.90. The molecule has 0 spiro atoms. The van der Waals surface area contributed by atoms with Crippen LogP contribution in [0.25, 0.3) is 0 Å². The third-order valence-electron chi connectivity index (χ3n) is 11.1. The van der Waals surface area contributed by atoms with E-state index in [1.165, 1.54) is 60.7 Å². The van der Waals surface area contributed by atoms with Crippen molar-refractivity contribution in [3.63, 3.8) is 0 Å². The molecule has 0 heterocycles. The number of ketones is 4. The van der Waals surface area contributed by atoms with Crippen LogP contribution in [-0.2, 0) is 30.4 Å². The van der Waals surface area contributed by atoms with Crippen molar-refractivity contribution in [2.45, 2.75) is 35.5 Å². The van der Waals surface area contributed by atoms with Gasteiger partial charge in [-0.15, -0.1) is 0 Å². The SMILES string of the molecule is Cc1ccc(Nc2ccc(Nc3ccc(C)cc3S(=O)(=O)[O-])c3c2C(=O)c2ccccc2C3=O)c(S(=O)(=O)[O-])c1.Cc1ccc(Nc2cccc3c2C(=O)c2ccccc2C3=O)c(S(=O)(=O)[O-])c1.[Na+].[Na+].[Na+]. The van der Waals surface area contributed by atoms with Crippen molar-refractivity contribution in [3.8, 4) is 0 Å². The normalized spacial score (nSPS) is 12.5. The third kappa shape index (κ3) is 11.8. The third-order valence-corrected chi connectivity index (χ3v) is 13.7. The fourth-order valence-electron chi connectivity index (χ4n) is 7.93. The molecule has 0 fully saturated rings. The first kappa shape index (κ1) is 57.3. The van der Waals surface area contributed by atoms with Crippen molar-refractivity contribution < 1.29 is 147 Å². The van der Waals surface area contributed by atoms with Crippen LogP contribution in [0.2, 0.25) is 0 Å². The van der Waals surface area contributed by atoms with Gasteiger partial charge < -0.3 is 29.6 Å². The van der Waals surface area contributed by atoms with Crippen molar-refractivity contribution in [2.75, 3.05) is 16.0 Å². The molecule has 0 atom stereocenters. The Hall–Kier alpha value is -4.65. The zero-order valence-electron chi connectivity index (χ0n) is 38.7. The van der Waals surface area contributed by atoms with E-state index < -0.39 is 56.6 Å². The van der Waals surface area contributed by atoms with Crippen LogP contribution in [0.15, 0.2) is 148 Å². The second-order valence-electron chi connectivity index (χ2n) is 15.8. The van der Waals surface area contributed by atoms with Crippen LogP contribution in [0.1, 0.15) is 80.4 Å². The zero-order valence-corrected chi connectivity index (χ0v) is 47.2. The van der Waals surface area contributed by atoms with Gasteiger partial charge in [-0.3, -0.25) is 19.2 Å². The van der Waals surface area contributed by atoms with E-state index in [2.05, 4.69) is 16.0 Å². The number of benzene rings is 7. The summed E-state index contributed by atoms with van der Waals surface area (Å²) in [5.41, 5.74) is 2.82. The minimum Gasteiger partial charge on any atom is -0.744 e. The van der Waals surface area contributed by atoms with Gasteiger partial charge in [-0.2, -0.15) is 0 Å². The minimum absolute atomic E-state index is 0. The van der Waals surface area contributed by atoms with Gasteiger partial charge in [0.1, 0.15) is 30.4 Å². The molecule has 2 aliphatic rings. The number of fused-ring (bicyclic) bond motifs is 4. The largest absolute Gasteiger partial charge is 1.00 e. The Labute approximate surface area is 475 Å². The molecule has 2 aliphatic carbocycles. The van der Waals surface area contributed by atoms with E-state index in [0.29, 0.717) is 22.3 Å². The molecule has 0 saturated carbocycles. The van der Waals surface area contributed by atoms with E-state index in [0.717, 1.165) is 0 Å². The molecule has 7 aromatic rings. The Morgan fingerprint density at radius 1 is 0.324 bits per heavy atom. The number of hydrogen-bond donors (Lipinski definition) is 3. The van der Waals surface area contributed by atoms with Gasteiger partial charge in [0.15, 0.2) is 23.1 Å². The Bertz CT molecular complexity index is 3580. The zero-order chi connectivity index (χ0) is 49.0. The van der Waals surface area contributed by atoms with Gasteiger partial charge in [0.05, 0.1) is 65.5 Å². The second kappa shape index (κ2) is 22.2. The van der Waals surface area contributed by atoms with Crippen LogP contribution in [0, 0.1) is 20.8 Å². The molecular formula is C49H34N3Na3O13S3. The summed E-state index contributed by atoms with van der Waals surface area (Å²) in [5, 5.41) is 8.51. The summed E-state index contributed by atoms with van der Waals surface area (Å²) in [6, 6.07) is 32.8. The van der Waals surface area contributed by atoms with Gasteiger partial charge in [-0.25, -0.2) is 25.3 Å². The second-order valence-corrected chi connectivity index (χ2v) is 19.8. The summed E-state index contributed by atoms with van der Waals surface area (Å²) in [5.74, 6) is -1.74. The van der Waals surface area contributed by atoms with Crippen LogP contribution < -0.4 is 105 Å². The molecule has 0 aromatic heterocycles. The van der Waals surface area contributed by atoms with Crippen molar-refractivity contribution in [2.24, 2.45) is 0 Å². The van der Waals surface area contributed by atoms with E-state index in [9.17, 15) is 58.1 Å². The molecule has 0 unspecified atom stereocenters. The summed E-state index contributed by atoms with van der Waals surface area (Å²) < 4.78 is 107. The number of aryl methyl sites for hydroxylation is 3. The molecule has 3 N–H and O–H groups in total. The van der Waals surface area contributed by atoms with Gasteiger partial charge in [0, 0.05) is 27.8 Å². The first-order valence-electron chi connectivity index (χ1n) is 20.2.